The van der Waals surface area contributed by atoms with E-state index in [-0.39, 0.29) is 51.6 Å². The van der Waals surface area contributed by atoms with Crippen molar-refractivity contribution in [2.24, 2.45) is 35.3 Å². The van der Waals surface area contributed by atoms with Gasteiger partial charge in [0.05, 0.1) is 40.3 Å². The molecule has 2 aliphatic rings. The predicted octanol–water partition coefficient (Wildman–Crippen LogP) is 26.5. The molecule has 0 atom stereocenters. The van der Waals surface area contributed by atoms with Gasteiger partial charge in [0.25, 0.3) is 0 Å². The van der Waals surface area contributed by atoms with Crippen molar-refractivity contribution in [3.05, 3.63) is 12.7 Å². The van der Waals surface area contributed by atoms with E-state index in [1.165, 1.54) is 143 Å². The maximum Gasteiger partial charge on any atom is 0.306 e. The third-order valence-corrected chi connectivity index (χ3v) is 15.1. The van der Waals surface area contributed by atoms with E-state index in [4.69, 9.17) is 15.9 Å². The molecule has 0 bridgehead atoms. The van der Waals surface area contributed by atoms with Crippen LogP contribution in [0.2, 0.25) is 0 Å². The molecular weight excluding hydrogens is 1480 g/mol. The minimum Gasteiger partial charge on any atom is -0.469 e. The average molecular weight is 1720 g/mol. The highest BCUT2D eigenvalue weighted by molar-refractivity contribution is 5.89. The molecule has 119 heavy (non-hydrogen) atoms. The van der Waals surface area contributed by atoms with Crippen molar-refractivity contribution in [2.45, 2.75) is 478 Å². The SMILES string of the molecule is C.C.C=CC(=O)CCCC(=O)CC(C)C.CC.CC.CC.CC.CC.CC.CC.CC(C)CCCN1CCCCC1.CC(C)CCCNCCO.CC(C)CNC(C)C.CC(C)N1CCN(CCN)CC1.CCC.CCC.CCC.CCCC(C)C.CCCN(CCO)C(C)C.COC(=O)CCN(C(C)C)C(C)C.COC(=O)CCNC(C)C. The summed E-state index contributed by atoms with van der Waals surface area (Å²) in [4.78, 5) is 55.6. The van der Waals surface area contributed by atoms with E-state index >= 15 is 0 Å². The number of ketones is 2. The number of piperazine rings is 1. The summed E-state index contributed by atoms with van der Waals surface area (Å²) in [5, 5.41) is 26.7. The van der Waals surface area contributed by atoms with E-state index in [1.807, 2.05) is 125 Å². The second-order valence-corrected chi connectivity index (χ2v) is 31.2. The lowest BCUT2D eigenvalue weighted by Gasteiger charge is -2.36. The molecule has 17 nitrogen and oxygen atoms in total. The number of hydrogen-bond acceptors (Lipinski definition) is 17. The van der Waals surface area contributed by atoms with Gasteiger partial charge in [-0.25, -0.2) is 0 Å². The highest BCUT2D eigenvalue weighted by atomic mass is 16.5. The van der Waals surface area contributed by atoms with Crippen LogP contribution in [0.15, 0.2) is 12.7 Å². The average Bonchev–Trinajstić information content (AvgIpc) is 0.902. The summed E-state index contributed by atoms with van der Waals surface area (Å²) < 4.78 is 9.05. The summed E-state index contributed by atoms with van der Waals surface area (Å²) in [7, 11) is 2.83. The minimum absolute atomic E-state index is 0. The minimum atomic E-state index is -0.159. The first-order chi connectivity index (χ1) is 55.4. The summed E-state index contributed by atoms with van der Waals surface area (Å²) >= 11 is 0. The number of methoxy groups -OCH3 is 2. The summed E-state index contributed by atoms with van der Waals surface area (Å²) in [6, 6.07) is 3.29. The number of rotatable bonds is 39. The lowest BCUT2D eigenvalue weighted by Crippen LogP contribution is -2.49. The van der Waals surface area contributed by atoms with Crippen LogP contribution in [0.5, 0.6) is 0 Å². The molecule has 0 aromatic carbocycles. The molecule has 742 valence electrons. The van der Waals surface area contributed by atoms with E-state index in [0.29, 0.717) is 87.2 Å². The van der Waals surface area contributed by atoms with Crippen LogP contribution in [0.3, 0.4) is 0 Å². The number of nitrogens with one attached hydrogen (secondary N) is 3. The van der Waals surface area contributed by atoms with Gasteiger partial charge >= 0.3 is 11.9 Å². The van der Waals surface area contributed by atoms with Crippen molar-refractivity contribution in [3.63, 3.8) is 0 Å². The zero-order valence-corrected chi connectivity index (χ0v) is 89.5. The number of hydrogen-bond donors (Lipinski definition) is 6. The third-order valence-electron chi connectivity index (χ3n) is 15.1. The lowest BCUT2D eigenvalue weighted by atomic mass is 10.0. The summed E-state index contributed by atoms with van der Waals surface area (Å²) in [6.07, 6.45) is 21.8. The first kappa shape index (κ1) is 164. The number of carbonyl (C=O) groups excluding carboxylic acids is 4. The molecule has 2 rings (SSSR count). The molecule has 0 aliphatic carbocycles. The van der Waals surface area contributed by atoms with E-state index in [0.717, 1.165) is 82.5 Å². The molecule has 7 N–H and O–H groups in total. The molecule has 0 aromatic heterocycles. The summed E-state index contributed by atoms with van der Waals surface area (Å²) in [6.45, 7) is 114. The van der Waals surface area contributed by atoms with E-state index in [2.05, 4.69) is 237 Å². The van der Waals surface area contributed by atoms with Crippen molar-refractivity contribution < 1.29 is 38.9 Å². The maximum absolute atomic E-state index is 11.2. The van der Waals surface area contributed by atoms with Crippen LogP contribution in [-0.2, 0) is 28.7 Å². The van der Waals surface area contributed by atoms with E-state index in [1.54, 1.807) is 0 Å². The second kappa shape index (κ2) is 150. The Morgan fingerprint density at radius 3 is 1.13 bits per heavy atom. The number of aliphatic hydroxyl groups excluding tert-OH is 2. The van der Waals surface area contributed by atoms with Crippen LogP contribution in [0, 0.1) is 29.6 Å². The quantitative estimate of drug-likeness (QED) is 0.0192. The Morgan fingerprint density at radius 2 is 0.840 bits per heavy atom. The third kappa shape index (κ3) is 190. The Morgan fingerprint density at radius 1 is 0.437 bits per heavy atom. The molecule has 0 unspecified atom stereocenters. The van der Waals surface area contributed by atoms with Crippen LogP contribution in [0.4, 0.5) is 0 Å². The zero-order chi connectivity index (χ0) is 96.0. The Hall–Kier alpha value is -2.42. The fourth-order valence-electron chi connectivity index (χ4n) is 9.64. The zero-order valence-electron chi connectivity index (χ0n) is 89.5. The standard InChI is InChI=1S/C11H23N.C11H18O2.C10H21NO2.C9H21N3.2C8H19NO.C7H15NO2.C7H17N.C6H14.3C3H8.7C2H6.2CH4/c1-11(2)7-6-10-12-8-4-3-5-9-12;1-4-10(12)6-5-7-11(13)8-9(2)3;1-8(2)11(9(3)4)7-6-10(12)13-5;1-9(2)12-7-5-11(4-3-10)6-8-12;1-8(2)4-3-5-9-6-7-10;1-4-5-9(6-7-10)8(2)3;1-6(2)8-5-4-7(9)10-3;1-6(2)5-8-7(3)4;1-4-5-6(2)3;3*1-3-2;7*1-2;;/h11H,3-10H2,1-2H3;4,9H,1,5-8H2,2-3H3;8-9H,6-7H2,1-5H3;9H,3-8,10H2,1-2H3;8-10H,3-7H2,1-2H3;8,10H,4-7H2,1-3H3;6,8H,4-5H2,1-3H3;6-8H,5H2,1-4H3;6H,4-5H2,1-3H3;3*3H2,1-2H3;7*1-2H3;2*1H4. The van der Waals surface area contributed by atoms with Crippen molar-refractivity contribution in [1.82, 2.24) is 40.4 Å². The van der Waals surface area contributed by atoms with Gasteiger partial charge in [0.1, 0.15) is 5.78 Å². The monoisotopic (exact) mass is 1720 g/mol. The molecule has 17 heteroatoms. The van der Waals surface area contributed by atoms with Gasteiger partial charge in [0, 0.05) is 121 Å². The highest BCUT2D eigenvalue weighted by Gasteiger charge is 2.18. The predicted molar refractivity (Wildman–Crippen MR) is 550 cm³/mol. The van der Waals surface area contributed by atoms with Gasteiger partial charge in [0.2, 0.25) is 0 Å². The van der Waals surface area contributed by atoms with Crippen molar-refractivity contribution in [2.75, 3.05) is 132 Å². The normalized spacial score (nSPS) is 11.4. The summed E-state index contributed by atoms with van der Waals surface area (Å²) in [5.41, 5.74) is 5.50. The lowest BCUT2D eigenvalue weighted by molar-refractivity contribution is -0.141. The fourth-order valence-corrected chi connectivity index (χ4v) is 9.64. The molecule has 2 heterocycles. The number of aliphatic hydroxyl groups is 2. The number of allylic oxidation sites excluding steroid dienone is 1. The van der Waals surface area contributed by atoms with Gasteiger partial charge < -0.3 is 46.3 Å². The van der Waals surface area contributed by atoms with Gasteiger partial charge in [-0.05, 0) is 182 Å². The smallest absolute Gasteiger partial charge is 0.306 e. The topological polar surface area (TPSA) is 206 Å². The molecule has 0 aromatic rings. The number of esters is 2. The Kier molecular flexibility index (Phi) is 206. The van der Waals surface area contributed by atoms with E-state index < -0.39 is 0 Å². The molecule has 0 radical (unpaired) electrons. The van der Waals surface area contributed by atoms with Crippen molar-refractivity contribution in [1.29, 1.82) is 0 Å². The first-order valence-corrected chi connectivity index (χ1v) is 48.9. The number of ether oxygens (including phenoxy) is 2. The number of nitrogens with zero attached hydrogens (tertiary/aromatic N) is 5. The van der Waals surface area contributed by atoms with Gasteiger partial charge in [-0.1, -0.05) is 309 Å². The number of Topliss-reactive ketones (excluding diaryl/α,β-unsaturated/α-hetero) is 1. The molecule has 0 amide bonds. The second-order valence-electron chi connectivity index (χ2n) is 31.2. The summed E-state index contributed by atoms with van der Waals surface area (Å²) in [5.74, 6) is 3.77. The van der Waals surface area contributed by atoms with Crippen molar-refractivity contribution >= 4 is 23.5 Å². The van der Waals surface area contributed by atoms with Crippen LogP contribution in [0.1, 0.15) is 441 Å². The number of piperidine rings is 1. The largest absolute Gasteiger partial charge is 0.469 e. The van der Waals surface area contributed by atoms with Gasteiger partial charge in [0.15, 0.2) is 5.78 Å². The van der Waals surface area contributed by atoms with Gasteiger partial charge in [-0.2, -0.15) is 0 Å². The number of carbonyl (C=O) groups is 4. The van der Waals surface area contributed by atoms with Gasteiger partial charge in [-0.3, -0.25) is 38.8 Å². The van der Waals surface area contributed by atoms with Crippen LogP contribution in [-0.4, -0.2) is 227 Å². The molecule has 2 saturated heterocycles. The van der Waals surface area contributed by atoms with E-state index in [9.17, 15) is 19.2 Å². The Bertz CT molecular complexity index is 1610. The van der Waals surface area contributed by atoms with Crippen molar-refractivity contribution in [3.8, 4) is 0 Å². The van der Waals surface area contributed by atoms with Crippen LogP contribution in [0.25, 0.3) is 0 Å². The number of nitrogens with two attached hydrogens (primary N) is 1. The molecule has 0 saturated carbocycles. The fraction of sp³-hybridized carbons (Fsp3) is 0.941. The molecular formula is C102H241N9O8. The van der Waals surface area contributed by atoms with Gasteiger partial charge in [-0.15, -0.1) is 0 Å². The number of likely N-dealkylation sites (tertiary alicyclic amines) is 1. The Labute approximate surface area is 756 Å². The van der Waals surface area contributed by atoms with Crippen LogP contribution < -0.4 is 21.7 Å². The molecule has 0 spiro atoms. The maximum atomic E-state index is 11.2. The van der Waals surface area contributed by atoms with Crippen LogP contribution >= 0.6 is 0 Å². The Balaban J connectivity index is -0.0000000540. The molecule has 2 fully saturated rings. The first-order valence-electron chi connectivity index (χ1n) is 48.9. The molecule has 2 aliphatic heterocycles. The highest BCUT2D eigenvalue weighted by Crippen LogP contribution is 2.12.